The number of anilines is 4. The molecule has 5 rings (SSSR count). The van der Waals surface area contributed by atoms with Gasteiger partial charge in [0.15, 0.2) is 17.3 Å². The van der Waals surface area contributed by atoms with Gasteiger partial charge >= 0.3 is 12.2 Å². The molecule has 0 saturated carbocycles. The Morgan fingerprint density at radius 2 is 1.92 bits per heavy atom. The number of imidazole rings is 1. The van der Waals surface area contributed by atoms with Crippen LogP contribution < -0.4 is 16.4 Å². The third kappa shape index (κ3) is 4.86. The number of carbonyl (C=O) groups is 1. The number of aromatic nitrogens is 7. The van der Waals surface area contributed by atoms with Crippen molar-refractivity contribution in [3.8, 4) is 11.4 Å². The lowest BCUT2D eigenvalue weighted by atomic mass is 10.2. The van der Waals surface area contributed by atoms with Crippen molar-refractivity contribution in [2.24, 2.45) is 0 Å². The van der Waals surface area contributed by atoms with Crippen LogP contribution in [0.25, 0.3) is 17.0 Å². The summed E-state index contributed by atoms with van der Waals surface area (Å²) >= 11 is 5.92. The van der Waals surface area contributed by atoms with Gasteiger partial charge in [-0.05, 0) is 37.3 Å². The molecule has 0 atom stereocenters. The molecule has 11 nitrogen and oxygen atoms in total. The Labute approximate surface area is 211 Å². The summed E-state index contributed by atoms with van der Waals surface area (Å²) in [6.45, 7) is 1.70. The van der Waals surface area contributed by atoms with Crippen molar-refractivity contribution < 1.29 is 18.0 Å². The number of aryl methyl sites for hydroxylation is 1. The normalized spacial score (nSPS) is 11.6. The molecule has 0 saturated heterocycles. The van der Waals surface area contributed by atoms with Crippen LogP contribution in [0.1, 0.15) is 11.4 Å². The van der Waals surface area contributed by atoms with E-state index in [2.05, 4.69) is 35.8 Å². The van der Waals surface area contributed by atoms with E-state index in [1.165, 1.54) is 12.3 Å². The topological polar surface area (TPSA) is 141 Å². The second-order valence-electron chi connectivity index (χ2n) is 7.72. The molecule has 0 radical (unpaired) electrons. The summed E-state index contributed by atoms with van der Waals surface area (Å²) in [7, 11) is 0. The van der Waals surface area contributed by atoms with Crippen LogP contribution in [-0.2, 0) is 6.18 Å². The fourth-order valence-electron chi connectivity index (χ4n) is 3.51. The summed E-state index contributed by atoms with van der Waals surface area (Å²) in [5, 5.41) is 13.7. The van der Waals surface area contributed by atoms with E-state index in [-0.39, 0.29) is 22.3 Å². The number of nitrogens with two attached hydrogens (primary N) is 1. The number of benzene rings is 1. The minimum absolute atomic E-state index is 0.00453. The van der Waals surface area contributed by atoms with Crippen molar-refractivity contribution >= 4 is 46.4 Å². The Balaban J connectivity index is 1.42. The van der Waals surface area contributed by atoms with Gasteiger partial charge in [0.1, 0.15) is 17.3 Å². The van der Waals surface area contributed by atoms with Crippen LogP contribution in [0.2, 0.25) is 5.02 Å². The summed E-state index contributed by atoms with van der Waals surface area (Å²) in [5.74, 6) is 1.31. The number of carbonyl (C=O) groups excluding carboxylic acids is 1. The molecular formula is C22H16ClF3N10O. The second kappa shape index (κ2) is 9.05. The molecule has 4 aromatic heterocycles. The minimum atomic E-state index is -4.56. The number of amides is 1. The first kappa shape index (κ1) is 24.0. The lowest BCUT2D eigenvalue weighted by molar-refractivity contribution is -0.137. The van der Waals surface area contributed by atoms with Crippen LogP contribution >= 0.6 is 11.6 Å². The predicted octanol–water partition coefficient (Wildman–Crippen LogP) is 4.77. The number of halogens is 4. The van der Waals surface area contributed by atoms with Gasteiger partial charge in [0.25, 0.3) is 0 Å². The van der Waals surface area contributed by atoms with Crippen LogP contribution in [0.5, 0.6) is 0 Å². The maximum Gasteiger partial charge on any atom is 0.416 e. The van der Waals surface area contributed by atoms with Crippen molar-refractivity contribution in [3.05, 3.63) is 71.3 Å². The molecule has 1 amide bonds. The van der Waals surface area contributed by atoms with Crippen molar-refractivity contribution in [3.63, 3.8) is 0 Å². The molecule has 188 valence electrons. The molecular weight excluding hydrogens is 513 g/mol. The molecule has 0 aliphatic heterocycles. The third-order valence-electron chi connectivity index (χ3n) is 5.07. The van der Waals surface area contributed by atoms with Crippen LogP contribution in [0.15, 0.2) is 54.9 Å². The van der Waals surface area contributed by atoms with Gasteiger partial charge in [-0.15, -0.1) is 5.10 Å². The summed E-state index contributed by atoms with van der Waals surface area (Å²) in [6, 6.07) is 8.43. The molecule has 4 heterocycles. The molecule has 0 spiro atoms. The van der Waals surface area contributed by atoms with Crippen molar-refractivity contribution in [1.82, 2.24) is 34.3 Å². The summed E-state index contributed by atoms with van der Waals surface area (Å²) in [5.41, 5.74) is 6.44. The second-order valence-corrected chi connectivity index (χ2v) is 8.13. The first-order chi connectivity index (χ1) is 17.6. The zero-order chi connectivity index (χ0) is 26.3. The SMILES string of the molecule is Cc1nc(N)cc(-c2c(Nc3ccn(C(=O)Nc4ccc(C(F)(F)F)cc4Cl)n3)nc3cccnn23)n1. The Bertz CT molecular complexity index is 1630. The third-order valence-corrected chi connectivity index (χ3v) is 5.39. The van der Waals surface area contributed by atoms with Gasteiger partial charge < -0.3 is 16.4 Å². The maximum absolute atomic E-state index is 12.9. The van der Waals surface area contributed by atoms with E-state index < -0.39 is 17.8 Å². The molecule has 1 aromatic carbocycles. The summed E-state index contributed by atoms with van der Waals surface area (Å²) in [6.07, 6.45) is -1.61. The average molecular weight is 529 g/mol. The van der Waals surface area contributed by atoms with Gasteiger partial charge in [-0.3, -0.25) is 0 Å². The van der Waals surface area contributed by atoms with E-state index in [0.717, 1.165) is 22.9 Å². The molecule has 37 heavy (non-hydrogen) atoms. The van der Waals surface area contributed by atoms with Crippen LogP contribution in [0.4, 0.5) is 41.1 Å². The first-order valence-corrected chi connectivity index (χ1v) is 10.9. The standard InChI is InChI=1S/C22H16ClF3N10O/c1-11-29-15(10-16(27)30-11)19-20(33-18-3-2-7-28-36(18)19)32-17-6-8-35(34-17)21(37)31-14-5-4-12(9-13(14)23)22(24,25)26/h2-10H,1H3,(H,31,37)(H,32,34)(H2,27,29,30). The highest BCUT2D eigenvalue weighted by molar-refractivity contribution is 6.33. The number of alkyl halides is 3. The van der Waals surface area contributed by atoms with Crippen LogP contribution in [0, 0.1) is 6.92 Å². The number of nitrogen functional groups attached to an aromatic ring is 1. The highest BCUT2D eigenvalue weighted by Gasteiger charge is 2.31. The first-order valence-electron chi connectivity index (χ1n) is 10.5. The largest absolute Gasteiger partial charge is 0.416 e. The van der Waals surface area contributed by atoms with Gasteiger partial charge in [-0.25, -0.2) is 24.3 Å². The van der Waals surface area contributed by atoms with E-state index in [0.29, 0.717) is 28.7 Å². The number of hydrogen-bond donors (Lipinski definition) is 3. The van der Waals surface area contributed by atoms with Crippen LogP contribution in [-0.4, -0.2) is 40.4 Å². The van der Waals surface area contributed by atoms with Crippen molar-refractivity contribution in [2.45, 2.75) is 13.1 Å². The molecule has 15 heteroatoms. The molecule has 0 unspecified atom stereocenters. The highest BCUT2D eigenvalue weighted by atomic mass is 35.5. The fraction of sp³-hybridized carbons (Fsp3) is 0.0909. The maximum atomic E-state index is 12.9. The average Bonchev–Trinajstić information content (AvgIpc) is 3.43. The Morgan fingerprint density at radius 3 is 2.65 bits per heavy atom. The molecule has 0 aliphatic rings. The number of hydrogen-bond acceptors (Lipinski definition) is 8. The number of rotatable bonds is 4. The number of nitrogens with zero attached hydrogens (tertiary/aromatic N) is 7. The van der Waals surface area contributed by atoms with E-state index >= 15 is 0 Å². The minimum Gasteiger partial charge on any atom is -0.384 e. The fourth-order valence-corrected chi connectivity index (χ4v) is 3.74. The zero-order valence-corrected chi connectivity index (χ0v) is 19.6. The smallest absolute Gasteiger partial charge is 0.384 e. The lowest BCUT2D eigenvalue weighted by Gasteiger charge is -2.11. The molecule has 4 N–H and O–H groups in total. The van der Waals surface area contributed by atoms with E-state index in [9.17, 15) is 18.0 Å². The van der Waals surface area contributed by atoms with Gasteiger partial charge in [0, 0.05) is 24.5 Å². The lowest BCUT2D eigenvalue weighted by Crippen LogP contribution is -2.20. The van der Waals surface area contributed by atoms with Crippen molar-refractivity contribution in [2.75, 3.05) is 16.4 Å². The molecule has 0 fully saturated rings. The highest BCUT2D eigenvalue weighted by Crippen LogP contribution is 2.34. The number of nitrogens with one attached hydrogen (secondary N) is 2. The monoisotopic (exact) mass is 528 g/mol. The van der Waals surface area contributed by atoms with Crippen molar-refractivity contribution in [1.29, 1.82) is 0 Å². The summed E-state index contributed by atoms with van der Waals surface area (Å²) < 4.78 is 41.1. The van der Waals surface area contributed by atoms with E-state index in [1.54, 1.807) is 35.8 Å². The predicted molar refractivity (Wildman–Crippen MR) is 130 cm³/mol. The van der Waals surface area contributed by atoms with Gasteiger partial charge in [-0.1, -0.05) is 11.6 Å². The van der Waals surface area contributed by atoms with Gasteiger partial charge in [0.05, 0.1) is 22.0 Å². The Kier molecular flexibility index (Phi) is 5.87. The van der Waals surface area contributed by atoms with E-state index in [4.69, 9.17) is 17.3 Å². The number of fused-ring (bicyclic) bond motifs is 1. The zero-order valence-electron chi connectivity index (χ0n) is 18.8. The quantitative estimate of drug-likeness (QED) is 0.303. The van der Waals surface area contributed by atoms with Gasteiger partial charge in [-0.2, -0.15) is 23.0 Å². The molecule has 0 bridgehead atoms. The Hall–Kier alpha value is -4.72. The summed E-state index contributed by atoms with van der Waals surface area (Å²) in [4.78, 5) is 25.7. The Morgan fingerprint density at radius 1 is 1.11 bits per heavy atom. The van der Waals surface area contributed by atoms with Gasteiger partial charge in [0.2, 0.25) is 0 Å². The van der Waals surface area contributed by atoms with Crippen LogP contribution in [0.3, 0.4) is 0 Å². The molecule has 0 aliphatic carbocycles. The molecule has 5 aromatic rings. The van der Waals surface area contributed by atoms with E-state index in [1.807, 2.05) is 0 Å².